The van der Waals surface area contributed by atoms with Crippen LogP contribution in [0.2, 0.25) is 0 Å². The molecule has 33 heavy (non-hydrogen) atoms. The van der Waals surface area contributed by atoms with Crippen molar-refractivity contribution >= 4 is 27.9 Å². The van der Waals surface area contributed by atoms with Gasteiger partial charge in [-0.3, -0.25) is 4.90 Å². The fourth-order valence-electron chi connectivity index (χ4n) is 3.43. The molecular formula is C20H18F4N2O6S. The Labute approximate surface area is 186 Å². The smallest absolute Gasteiger partial charge is 0.452 e. The monoisotopic (exact) mass is 490 g/mol. The van der Waals surface area contributed by atoms with Crippen LogP contribution in [0.25, 0.3) is 0 Å². The standard InChI is InChI=1S/C20H18F4N2O6S/c1-19(14-8-4-5-9-15(14)21)12-25(17(27)32-19)11-13-7-3-6-10-16(13)26(18(28)31-2)33(29,30)20(22,23)24/h3-10H,11-12H2,1-2H3. The summed E-state index contributed by atoms with van der Waals surface area (Å²) >= 11 is 0. The molecule has 0 radical (unpaired) electrons. The molecule has 1 aliphatic heterocycles. The number of amides is 2. The molecule has 1 saturated heterocycles. The van der Waals surface area contributed by atoms with Crippen molar-refractivity contribution in [1.82, 2.24) is 4.90 Å². The molecule has 178 valence electrons. The molecule has 2 aromatic carbocycles. The lowest BCUT2D eigenvalue weighted by molar-refractivity contribution is -0.0438. The van der Waals surface area contributed by atoms with Crippen molar-refractivity contribution in [3.8, 4) is 0 Å². The Bertz CT molecular complexity index is 1190. The number of para-hydroxylation sites is 1. The third-order valence-electron chi connectivity index (χ3n) is 4.95. The van der Waals surface area contributed by atoms with Crippen molar-refractivity contribution in [2.45, 2.75) is 24.6 Å². The molecule has 0 spiro atoms. The normalized spacial score (nSPS) is 18.7. The second-order valence-corrected chi connectivity index (χ2v) is 9.03. The van der Waals surface area contributed by atoms with Gasteiger partial charge in [0.2, 0.25) is 0 Å². The van der Waals surface area contributed by atoms with Gasteiger partial charge in [-0.05, 0) is 24.6 Å². The zero-order valence-corrected chi connectivity index (χ0v) is 18.1. The Morgan fingerprint density at radius 3 is 2.39 bits per heavy atom. The van der Waals surface area contributed by atoms with E-state index in [4.69, 9.17) is 4.74 Å². The average molecular weight is 490 g/mol. The van der Waals surface area contributed by atoms with Gasteiger partial charge in [-0.15, -0.1) is 0 Å². The predicted molar refractivity (Wildman–Crippen MR) is 107 cm³/mol. The maximum Gasteiger partial charge on any atom is 0.517 e. The van der Waals surface area contributed by atoms with Crippen LogP contribution in [0.3, 0.4) is 0 Å². The van der Waals surface area contributed by atoms with E-state index < -0.39 is 55.7 Å². The molecule has 3 rings (SSSR count). The number of hydrogen-bond donors (Lipinski definition) is 0. The Kier molecular flexibility index (Phi) is 6.29. The van der Waals surface area contributed by atoms with Crippen LogP contribution in [0, 0.1) is 5.82 Å². The van der Waals surface area contributed by atoms with Crippen molar-refractivity contribution in [3.63, 3.8) is 0 Å². The molecule has 2 aromatic rings. The fraction of sp³-hybridized carbons (Fsp3) is 0.300. The van der Waals surface area contributed by atoms with Crippen LogP contribution < -0.4 is 4.31 Å². The summed E-state index contributed by atoms with van der Waals surface area (Å²) < 4.78 is 87.2. The molecule has 1 aliphatic rings. The van der Waals surface area contributed by atoms with E-state index in [2.05, 4.69) is 4.74 Å². The summed E-state index contributed by atoms with van der Waals surface area (Å²) in [5.74, 6) is -0.622. The minimum Gasteiger partial charge on any atom is -0.452 e. The molecule has 0 saturated carbocycles. The Balaban J connectivity index is 1.99. The van der Waals surface area contributed by atoms with Gasteiger partial charge in [-0.2, -0.15) is 25.9 Å². The number of rotatable bonds is 5. The highest BCUT2D eigenvalue weighted by atomic mass is 32.2. The molecule has 1 unspecified atom stereocenters. The zero-order valence-electron chi connectivity index (χ0n) is 17.3. The summed E-state index contributed by atoms with van der Waals surface area (Å²) in [6.45, 7) is 0.843. The Hall–Kier alpha value is -3.35. The first-order valence-corrected chi connectivity index (χ1v) is 10.8. The van der Waals surface area contributed by atoms with Crippen LogP contribution in [-0.4, -0.2) is 44.7 Å². The molecule has 2 amide bonds. The Morgan fingerprint density at radius 2 is 1.79 bits per heavy atom. The van der Waals surface area contributed by atoms with Gasteiger partial charge >= 0.3 is 27.7 Å². The van der Waals surface area contributed by atoms with Crippen molar-refractivity contribution in [2.24, 2.45) is 0 Å². The maximum atomic E-state index is 14.3. The Morgan fingerprint density at radius 1 is 1.18 bits per heavy atom. The van der Waals surface area contributed by atoms with Gasteiger partial charge in [0.1, 0.15) is 5.82 Å². The minimum atomic E-state index is -6.17. The van der Waals surface area contributed by atoms with Crippen molar-refractivity contribution in [2.75, 3.05) is 18.0 Å². The fourth-order valence-corrected chi connectivity index (χ4v) is 4.34. The summed E-state index contributed by atoms with van der Waals surface area (Å²) in [7, 11) is -5.45. The summed E-state index contributed by atoms with van der Waals surface area (Å²) in [4.78, 5) is 25.6. The number of benzene rings is 2. The first kappa shape index (κ1) is 24.3. The van der Waals surface area contributed by atoms with E-state index in [9.17, 15) is 35.6 Å². The number of cyclic esters (lactones) is 1. The van der Waals surface area contributed by atoms with Crippen LogP contribution in [0.4, 0.5) is 32.8 Å². The second-order valence-electron chi connectivity index (χ2n) is 7.25. The summed E-state index contributed by atoms with van der Waals surface area (Å²) in [5.41, 5.74) is -7.90. The van der Waals surface area contributed by atoms with Crippen molar-refractivity contribution < 1.29 is 45.0 Å². The van der Waals surface area contributed by atoms with Crippen LogP contribution in [-0.2, 0) is 31.6 Å². The van der Waals surface area contributed by atoms with E-state index in [1.807, 2.05) is 0 Å². The van der Waals surface area contributed by atoms with E-state index in [1.165, 1.54) is 43.3 Å². The molecule has 8 nitrogen and oxygen atoms in total. The summed E-state index contributed by atoms with van der Waals surface area (Å²) in [5, 5.41) is 0. The number of ether oxygens (including phenoxy) is 2. The third kappa shape index (κ3) is 4.45. The number of anilines is 1. The lowest BCUT2D eigenvalue weighted by Gasteiger charge is -2.26. The molecule has 0 bridgehead atoms. The number of nitrogens with zero attached hydrogens (tertiary/aromatic N) is 2. The number of alkyl halides is 3. The van der Waals surface area contributed by atoms with Crippen LogP contribution in [0.5, 0.6) is 0 Å². The SMILES string of the molecule is COC(=O)N(c1ccccc1CN1CC(C)(c2ccccc2F)OC1=O)S(=O)(=O)C(F)(F)F. The molecule has 0 aliphatic carbocycles. The highest BCUT2D eigenvalue weighted by Gasteiger charge is 2.54. The number of sulfonamides is 1. The minimum absolute atomic E-state index is 0.0879. The summed E-state index contributed by atoms with van der Waals surface area (Å²) in [6, 6.07) is 10.4. The van der Waals surface area contributed by atoms with Gasteiger partial charge < -0.3 is 9.47 Å². The highest BCUT2D eigenvalue weighted by molar-refractivity contribution is 7.94. The van der Waals surface area contributed by atoms with E-state index in [0.29, 0.717) is 0 Å². The quantitative estimate of drug-likeness (QED) is 0.586. The summed E-state index contributed by atoms with van der Waals surface area (Å²) in [6.07, 6.45) is -2.70. The van der Waals surface area contributed by atoms with Gasteiger partial charge in [-0.25, -0.2) is 14.0 Å². The lowest BCUT2D eigenvalue weighted by Crippen LogP contribution is -2.45. The number of halogens is 4. The lowest BCUT2D eigenvalue weighted by atomic mass is 9.95. The average Bonchev–Trinajstić information content (AvgIpc) is 3.02. The van der Waals surface area contributed by atoms with Gasteiger partial charge in [-0.1, -0.05) is 36.4 Å². The van der Waals surface area contributed by atoms with Gasteiger partial charge in [0, 0.05) is 5.56 Å². The molecule has 0 N–H and O–H groups in total. The van der Waals surface area contributed by atoms with E-state index in [0.717, 1.165) is 18.1 Å². The van der Waals surface area contributed by atoms with E-state index >= 15 is 0 Å². The predicted octanol–water partition coefficient (Wildman–Crippen LogP) is 4.12. The number of hydrogen-bond acceptors (Lipinski definition) is 6. The molecule has 1 heterocycles. The maximum absolute atomic E-state index is 14.3. The number of carbonyl (C=O) groups excluding carboxylic acids is 2. The van der Waals surface area contributed by atoms with E-state index in [1.54, 1.807) is 6.07 Å². The van der Waals surface area contributed by atoms with Crippen molar-refractivity contribution in [3.05, 3.63) is 65.5 Å². The largest absolute Gasteiger partial charge is 0.517 e. The topological polar surface area (TPSA) is 93.2 Å². The molecule has 0 aromatic heterocycles. The zero-order chi connectivity index (χ0) is 24.6. The molecule has 1 fully saturated rings. The number of methoxy groups -OCH3 is 1. The third-order valence-corrected chi connectivity index (χ3v) is 6.36. The number of carbonyl (C=O) groups is 2. The molecule has 13 heteroatoms. The van der Waals surface area contributed by atoms with Crippen LogP contribution in [0.15, 0.2) is 48.5 Å². The van der Waals surface area contributed by atoms with Gasteiger partial charge in [0.25, 0.3) is 0 Å². The molecule has 1 atom stereocenters. The van der Waals surface area contributed by atoms with Crippen LogP contribution in [0.1, 0.15) is 18.1 Å². The highest BCUT2D eigenvalue weighted by Crippen LogP contribution is 2.37. The van der Waals surface area contributed by atoms with Crippen LogP contribution >= 0.6 is 0 Å². The van der Waals surface area contributed by atoms with Gasteiger partial charge in [0.15, 0.2) is 5.60 Å². The van der Waals surface area contributed by atoms with E-state index in [-0.39, 0.29) is 17.7 Å². The second kappa shape index (κ2) is 8.54. The first-order valence-electron chi connectivity index (χ1n) is 9.32. The van der Waals surface area contributed by atoms with Gasteiger partial charge in [0.05, 0.1) is 25.9 Å². The molecular weight excluding hydrogens is 472 g/mol. The van der Waals surface area contributed by atoms with Crippen molar-refractivity contribution in [1.29, 1.82) is 0 Å². The first-order chi connectivity index (χ1) is 15.3.